The van der Waals surface area contributed by atoms with Crippen LogP contribution in [0.5, 0.6) is 17.2 Å². The fourth-order valence-corrected chi connectivity index (χ4v) is 26.7. The number of rotatable bonds is 11. The van der Waals surface area contributed by atoms with E-state index >= 15 is 0 Å². The Morgan fingerprint density at radius 2 is 0.500 bits per heavy atom. The minimum atomic E-state index is -0.348. The maximum Gasteiger partial charge on any atom is 0.129 e. The lowest BCUT2D eigenvalue weighted by atomic mass is 9.99. The van der Waals surface area contributed by atoms with Crippen LogP contribution in [-0.4, -0.2) is 51.0 Å². The highest BCUT2D eigenvalue weighted by atomic mass is 79.9. The van der Waals surface area contributed by atoms with Gasteiger partial charge in [0, 0.05) is 114 Å². The standard InChI is InChI=1S/C34H42NOP.2C22H21NO.2C18H12ClN.C13H10.C6H4BrCl/c1-34(2,3)36-32-24-14-23-31(35-29-21-12-10-19-27(29)28-20-11-13-22-30(28)35)33(32)37(25-15-6-4-7-16-25)26-17-8-5-9-18-26;2*1-22(2,3)24-17-10-8-9-16(15-17)23-20-13-6-4-11-18(20)19-12-5-7-14-21(19)23;2*19-13-6-5-7-14(12-13)20-17-10-3-1-8-15(17)16-9-2-4-11-18(16)20;1-3-7-12-10(5-1)9-11-6-2-4-8-13(11)12;7-5-2-1-3-6(8)4-5/h10-14,19-26H,4-9,15-18H2,1-3H3;2*4-15H,1-3H3;2*1-12H;1-8H,9H2;1-4H. The molecule has 2 saturated carbocycles. The van der Waals surface area contributed by atoms with Crippen molar-refractivity contribution in [2.24, 2.45) is 0 Å². The van der Waals surface area contributed by atoms with Crippen molar-refractivity contribution in [1.82, 2.24) is 22.8 Å². The Morgan fingerprint density at radius 1 is 0.247 bits per heavy atom. The first-order valence-corrected chi connectivity index (χ1v) is 54.6. The Hall–Kier alpha value is -13.9. The fraction of sp³-hybridized carbons (Fsp3) is 0.188. The molecule has 0 saturated heterocycles. The van der Waals surface area contributed by atoms with Gasteiger partial charge in [-0.3, -0.25) is 0 Å². The molecule has 3 aliphatic rings. The Bertz CT molecular complexity index is 7920. The quantitative estimate of drug-likeness (QED) is 0.121. The highest BCUT2D eigenvalue weighted by Crippen LogP contribution is 2.58. The van der Waals surface area contributed by atoms with Crippen LogP contribution in [0.15, 0.2) is 435 Å². The van der Waals surface area contributed by atoms with Gasteiger partial charge in [-0.1, -0.05) is 364 Å². The van der Waals surface area contributed by atoms with Crippen LogP contribution in [0.2, 0.25) is 15.1 Å². The van der Waals surface area contributed by atoms with Gasteiger partial charge >= 0.3 is 0 Å². The maximum absolute atomic E-state index is 6.86. The van der Waals surface area contributed by atoms with Crippen molar-refractivity contribution in [3.63, 3.8) is 0 Å². The van der Waals surface area contributed by atoms with Gasteiger partial charge in [0.15, 0.2) is 0 Å². The predicted molar refractivity (Wildman–Crippen MR) is 629 cm³/mol. The molecule has 26 rings (SSSR count). The fourth-order valence-electron chi connectivity index (χ4n) is 21.6. The summed E-state index contributed by atoms with van der Waals surface area (Å²) < 4.78 is 31.7. The van der Waals surface area contributed by atoms with Gasteiger partial charge in [-0.05, 0) is 280 Å². The molecule has 3 aliphatic carbocycles. The molecule has 0 amide bonds. The number of fused-ring (bicyclic) bond motifs is 18. The molecule has 0 aliphatic heterocycles. The number of hydrogen-bond donors (Lipinski definition) is 0. The summed E-state index contributed by atoms with van der Waals surface area (Å²) in [4.78, 5) is 0. The number of halogens is 4. The predicted octanol–water partition coefficient (Wildman–Crippen LogP) is 38.9. The number of ether oxygens (including phenoxy) is 3. The minimum absolute atomic E-state index is 0.209. The largest absolute Gasteiger partial charge is 0.488 e. The normalized spacial score (nSPS) is 13.2. The van der Waals surface area contributed by atoms with Gasteiger partial charge in [0.2, 0.25) is 0 Å². The first kappa shape index (κ1) is 99.5. The zero-order valence-corrected chi connectivity index (χ0v) is 89.1. The summed E-state index contributed by atoms with van der Waals surface area (Å²) in [7, 11) is -0.348. The first-order chi connectivity index (χ1) is 71.0. The number of aromatic nitrogens is 5. The molecule has 0 unspecified atom stereocenters. The van der Waals surface area contributed by atoms with Crippen molar-refractivity contribution < 1.29 is 14.2 Å². The topological polar surface area (TPSA) is 52.3 Å². The minimum Gasteiger partial charge on any atom is -0.488 e. The van der Waals surface area contributed by atoms with Crippen LogP contribution < -0.4 is 19.5 Å². The van der Waals surface area contributed by atoms with E-state index < -0.39 is 0 Å². The van der Waals surface area contributed by atoms with Crippen LogP contribution in [0, 0.1) is 0 Å². The number of para-hydroxylation sites is 10. The van der Waals surface area contributed by atoms with E-state index in [2.05, 4.69) is 459 Å². The number of nitrogens with zero attached hydrogens (tertiary/aromatic N) is 5. The first-order valence-electron chi connectivity index (χ1n) is 51.2. The molecule has 730 valence electrons. The van der Waals surface area contributed by atoms with E-state index in [0.717, 1.165) is 77.3 Å². The van der Waals surface area contributed by atoms with Gasteiger partial charge in [0.25, 0.3) is 0 Å². The summed E-state index contributed by atoms with van der Waals surface area (Å²) >= 11 is 21.2. The third kappa shape index (κ3) is 22.1. The Kier molecular flexibility index (Phi) is 30.1. The Balaban J connectivity index is 0.000000107. The Labute approximate surface area is 882 Å². The van der Waals surface area contributed by atoms with E-state index in [9.17, 15) is 0 Å². The van der Waals surface area contributed by atoms with E-state index in [1.807, 2.05) is 72.8 Å². The Morgan fingerprint density at radius 3 is 0.781 bits per heavy atom. The molecule has 13 heteroatoms. The molecule has 5 heterocycles. The molecule has 5 aromatic heterocycles. The lowest BCUT2D eigenvalue weighted by Crippen LogP contribution is -2.32. The average molecular weight is 2060 g/mol. The zero-order chi connectivity index (χ0) is 101. The summed E-state index contributed by atoms with van der Waals surface area (Å²) in [5.41, 5.74) is 24.8. The van der Waals surface area contributed by atoms with Gasteiger partial charge in [-0.15, -0.1) is 0 Å². The molecule has 0 atom stereocenters. The van der Waals surface area contributed by atoms with Gasteiger partial charge in [-0.25, -0.2) is 0 Å². The van der Waals surface area contributed by atoms with Crippen LogP contribution in [0.3, 0.4) is 0 Å². The van der Waals surface area contributed by atoms with Crippen molar-refractivity contribution in [3.8, 4) is 56.8 Å². The third-order valence-electron chi connectivity index (χ3n) is 27.4. The summed E-state index contributed by atoms with van der Waals surface area (Å²) in [5.74, 6) is 2.91. The van der Waals surface area contributed by atoms with Crippen molar-refractivity contribution >= 4 is 173 Å². The van der Waals surface area contributed by atoms with Gasteiger partial charge in [0.1, 0.15) is 34.1 Å². The van der Waals surface area contributed by atoms with E-state index in [-0.39, 0.29) is 24.7 Å². The van der Waals surface area contributed by atoms with Crippen molar-refractivity contribution in [1.29, 1.82) is 0 Å². The second-order valence-electron chi connectivity index (χ2n) is 41.0. The van der Waals surface area contributed by atoms with Crippen LogP contribution in [0.25, 0.3) is 149 Å². The van der Waals surface area contributed by atoms with Crippen LogP contribution in [0.1, 0.15) is 138 Å². The molecule has 0 radical (unpaired) electrons. The molecular formula is C133H122BrCl3N5O3P. The van der Waals surface area contributed by atoms with Crippen molar-refractivity contribution in [2.75, 3.05) is 0 Å². The van der Waals surface area contributed by atoms with Gasteiger partial charge in [0.05, 0.1) is 60.9 Å². The van der Waals surface area contributed by atoms with E-state index in [1.54, 1.807) is 0 Å². The highest BCUT2D eigenvalue weighted by molar-refractivity contribution is 9.10. The third-order valence-corrected chi connectivity index (χ3v) is 32.1. The van der Waals surface area contributed by atoms with E-state index in [0.29, 0.717) is 0 Å². The molecule has 18 aromatic carbocycles. The molecule has 146 heavy (non-hydrogen) atoms. The second kappa shape index (κ2) is 44.2. The van der Waals surface area contributed by atoms with Gasteiger partial charge in [-0.2, -0.15) is 0 Å². The average Bonchev–Trinajstić information content (AvgIpc) is 1.52. The van der Waals surface area contributed by atoms with Crippen LogP contribution in [-0.2, 0) is 6.42 Å². The number of benzene rings is 18. The SMILES string of the molecule is CC(C)(C)Oc1cccc(-n2c3ccccc3c3ccccc32)c1.CC(C)(C)Oc1cccc(-n2c3ccccc3c3ccccc32)c1.CC(C)(C)Oc1cccc(-n2c3ccccc3c3ccccc32)c1P(C1CCCCC1)C1CCCCC1.Clc1cccc(-n2c3ccccc3c3ccccc32)c1.Clc1cccc(-n2c3ccccc3c3ccccc32)c1.Clc1cccc(Br)c1.c1ccc2c(c1)Cc1ccccc1-2. The second-order valence-corrected chi connectivity index (χ2v) is 45.9. The number of hydrogen-bond acceptors (Lipinski definition) is 3. The van der Waals surface area contributed by atoms with Crippen molar-refractivity contribution in [3.05, 3.63) is 461 Å². The summed E-state index contributed by atoms with van der Waals surface area (Å²) in [6.45, 7) is 19.0. The van der Waals surface area contributed by atoms with E-state index in [4.69, 9.17) is 49.0 Å². The van der Waals surface area contributed by atoms with Crippen molar-refractivity contribution in [2.45, 2.75) is 161 Å². The lowest BCUT2D eigenvalue weighted by Gasteiger charge is -2.41. The molecule has 0 N–H and O–H groups in total. The summed E-state index contributed by atoms with van der Waals surface area (Å²) in [6.07, 6.45) is 15.0. The zero-order valence-electron chi connectivity index (χ0n) is 84.3. The molecule has 2 fully saturated rings. The molecule has 23 aromatic rings. The monoisotopic (exact) mass is 2050 g/mol. The molecular weight excluding hydrogens is 1930 g/mol. The van der Waals surface area contributed by atoms with Crippen LogP contribution in [0.4, 0.5) is 0 Å². The highest BCUT2D eigenvalue weighted by Gasteiger charge is 2.38. The lowest BCUT2D eigenvalue weighted by molar-refractivity contribution is 0.130. The molecule has 0 spiro atoms. The summed E-state index contributed by atoms with van der Waals surface area (Å²) in [6, 6.07) is 150. The smallest absolute Gasteiger partial charge is 0.129 e. The van der Waals surface area contributed by atoms with E-state index in [1.165, 1.54) is 206 Å². The molecule has 0 bridgehead atoms. The van der Waals surface area contributed by atoms with Crippen LogP contribution >= 0.6 is 58.7 Å². The van der Waals surface area contributed by atoms with Gasteiger partial charge < -0.3 is 37.0 Å². The summed E-state index contributed by atoms with van der Waals surface area (Å²) in [5, 5.41) is 16.6. The maximum atomic E-state index is 6.86. The molecule has 8 nitrogen and oxygen atoms in total.